The summed E-state index contributed by atoms with van der Waals surface area (Å²) in [4.78, 5) is 10.4. The van der Waals surface area contributed by atoms with Crippen LogP contribution in [0.5, 0.6) is 0 Å². The molecule has 4 nitrogen and oxygen atoms in total. The van der Waals surface area contributed by atoms with Crippen molar-refractivity contribution in [2.24, 2.45) is 10.9 Å². The number of rotatable bonds is 7. The van der Waals surface area contributed by atoms with Crippen molar-refractivity contribution in [3.05, 3.63) is 15.6 Å². The summed E-state index contributed by atoms with van der Waals surface area (Å²) in [5, 5.41) is 7.74. The predicted octanol–water partition coefficient (Wildman–Crippen LogP) is 3.25. The van der Waals surface area contributed by atoms with Crippen LogP contribution in [0.2, 0.25) is 0 Å². The highest BCUT2D eigenvalue weighted by molar-refractivity contribution is 7.11. The van der Waals surface area contributed by atoms with Crippen molar-refractivity contribution in [1.82, 2.24) is 15.6 Å². The summed E-state index contributed by atoms with van der Waals surface area (Å²) >= 11 is 1.73. The third-order valence-electron chi connectivity index (χ3n) is 3.04. The molecule has 20 heavy (non-hydrogen) atoms. The first-order chi connectivity index (χ1) is 9.52. The quantitative estimate of drug-likeness (QED) is 0.461. The Balaban J connectivity index is 2.45. The molecule has 0 aliphatic heterocycles. The van der Waals surface area contributed by atoms with Gasteiger partial charge >= 0.3 is 0 Å². The zero-order chi connectivity index (χ0) is 15.0. The molecule has 114 valence electrons. The van der Waals surface area contributed by atoms with Crippen LogP contribution >= 0.6 is 11.3 Å². The Morgan fingerprint density at radius 3 is 2.60 bits per heavy atom. The first-order valence-electron chi connectivity index (χ1n) is 7.48. The van der Waals surface area contributed by atoms with Crippen molar-refractivity contribution in [1.29, 1.82) is 0 Å². The number of nitrogens with one attached hydrogen (secondary N) is 2. The van der Waals surface area contributed by atoms with Crippen molar-refractivity contribution in [3.8, 4) is 0 Å². The predicted molar refractivity (Wildman–Crippen MR) is 88.5 cm³/mol. The maximum atomic E-state index is 4.60. The molecule has 2 N–H and O–H groups in total. The minimum atomic E-state index is 0.652. The second-order valence-electron chi connectivity index (χ2n) is 5.41. The van der Waals surface area contributed by atoms with E-state index in [2.05, 4.69) is 55.2 Å². The van der Waals surface area contributed by atoms with E-state index >= 15 is 0 Å². The molecule has 0 spiro atoms. The lowest BCUT2D eigenvalue weighted by molar-refractivity contribution is 0.549. The number of aliphatic imine (C=N–C) groups is 1. The fourth-order valence-corrected chi connectivity index (χ4v) is 2.67. The van der Waals surface area contributed by atoms with Crippen molar-refractivity contribution in [2.75, 3.05) is 13.1 Å². The van der Waals surface area contributed by atoms with Crippen molar-refractivity contribution in [2.45, 2.75) is 54.0 Å². The Morgan fingerprint density at radius 2 is 2.05 bits per heavy atom. The van der Waals surface area contributed by atoms with Crippen molar-refractivity contribution in [3.63, 3.8) is 0 Å². The van der Waals surface area contributed by atoms with Gasteiger partial charge in [0.15, 0.2) is 5.96 Å². The fraction of sp³-hybridized carbons (Fsp3) is 0.733. The van der Waals surface area contributed by atoms with Gasteiger partial charge in [0, 0.05) is 18.0 Å². The molecule has 0 atom stereocenters. The lowest BCUT2D eigenvalue weighted by Gasteiger charge is -2.11. The first kappa shape index (κ1) is 17.0. The Bertz CT molecular complexity index is 404. The summed E-state index contributed by atoms with van der Waals surface area (Å²) in [5.41, 5.74) is 1.12. The molecule has 1 aromatic heterocycles. The van der Waals surface area contributed by atoms with E-state index in [1.165, 1.54) is 17.7 Å². The number of hydrogen-bond donors (Lipinski definition) is 2. The first-order valence-corrected chi connectivity index (χ1v) is 8.29. The van der Waals surface area contributed by atoms with E-state index in [0.717, 1.165) is 35.7 Å². The van der Waals surface area contributed by atoms with Crippen LogP contribution in [0.4, 0.5) is 0 Å². The minimum Gasteiger partial charge on any atom is -0.357 e. The molecule has 1 rings (SSSR count). The number of thiazole rings is 1. The van der Waals surface area contributed by atoms with Gasteiger partial charge in [0.1, 0.15) is 5.01 Å². The van der Waals surface area contributed by atoms with Gasteiger partial charge in [-0.1, -0.05) is 13.8 Å². The van der Waals surface area contributed by atoms with E-state index in [1.807, 2.05) is 0 Å². The number of aromatic nitrogens is 1. The second-order valence-corrected chi connectivity index (χ2v) is 6.69. The van der Waals surface area contributed by atoms with Gasteiger partial charge in [-0.25, -0.2) is 9.98 Å². The van der Waals surface area contributed by atoms with E-state index < -0.39 is 0 Å². The third kappa shape index (κ3) is 6.37. The van der Waals surface area contributed by atoms with E-state index in [1.54, 1.807) is 11.3 Å². The van der Waals surface area contributed by atoms with Gasteiger partial charge in [-0.05, 0) is 39.5 Å². The zero-order valence-electron chi connectivity index (χ0n) is 13.4. The van der Waals surface area contributed by atoms with Crippen LogP contribution in [0.1, 0.15) is 49.2 Å². The van der Waals surface area contributed by atoms with Crippen LogP contribution in [0.3, 0.4) is 0 Å². The van der Waals surface area contributed by atoms with Crippen molar-refractivity contribution < 1.29 is 0 Å². The maximum Gasteiger partial charge on any atom is 0.191 e. The molecule has 1 aromatic rings. The standard InChI is InChI=1S/C15H28N4S/c1-6-16-15(17-9-7-8-11(2)3)18-10-14-19-12(4)13(5)20-14/h11H,6-10H2,1-5H3,(H2,16,17,18). The van der Waals surface area contributed by atoms with Gasteiger partial charge in [0.25, 0.3) is 0 Å². The normalized spacial score (nSPS) is 12.0. The van der Waals surface area contributed by atoms with Gasteiger partial charge in [0.2, 0.25) is 0 Å². The summed E-state index contributed by atoms with van der Waals surface area (Å²) < 4.78 is 0. The van der Waals surface area contributed by atoms with E-state index in [-0.39, 0.29) is 0 Å². The molecule has 5 heteroatoms. The molecule has 1 heterocycles. The molecule has 0 saturated heterocycles. The highest BCUT2D eigenvalue weighted by Gasteiger charge is 2.03. The molecule has 0 bridgehead atoms. The highest BCUT2D eigenvalue weighted by Crippen LogP contribution is 2.16. The Labute approximate surface area is 127 Å². The van der Waals surface area contributed by atoms with Gasteiger partial charge in [-0.3, -0.25) is 0 Å². The Hall–Kier alpha value is -1.10. The molecule has 0 unspecified atom stereocenters. The lowest BCUT2D eigenvalue weighted by Crippen LogP contribution is -2.37. The SMILES string of the molecule is CCNC(=NCc1nc(C)c(C)s1)NCCCC(C)C. The van der Waals surface area contributed by atoms with Gasteiger partial charge in [-0.2, -0.15) is 0 Å². The Kier molecular flexibility index (Phi) is 7.59. The highest BCUT2D eigenvalue weighted by atomic mass is 32.1. The van der Waals surface area contributed by atoms with E-state index in [0.29, 0.717) is 6.54 Å². The number of nitrogens with zero attached hydrogens (tertiary/aromatic N) is 2. The molecule has 0 saturated carbocycles. The maximum absolute atomic E-state index is 4.60. The van der Waals surface area contributed by atoms with Crippen LogP contribution in [0, 0.1) is 19.8 Å². The van der Waals surface area contributed by atoms with Crippen molar-refractivity contribution >= 4 is 17.3 Å². The monoisotopic (exact) mass is 296 g/mol. The summed E-state index contributed by atoms with van der Waals surface area (Å²) in [6.07, 6.45) is 2.43. The van der Waals surface area contributed by atoms with Gasteiger partial charge in [-0.15, -0.1) is 11.3 Å². The number of aryl methyl sites for hydroxylation is 2. The molecular weight excluding hydrogens is 268 g/mol. The summed E-state index contributed by atoms with van der Waals surface area (Å²) in [6, 6.07) is 0. The third-order valence-corrected chi connectivity index (χ3v) is 4.10. The van der Waals surface area contributed by atoms with E-state index in [9.17, 15) is 0 Å². The van der Waals surface area contributed by atoms with Gasteiger partial charge in [0.05, 0.1) is 12.2 Å². The van der Waals surface area contributed by atoms with Crippen LogP contribution in [-0.4, -0.2) is 24.0 Å². The number of hydrogen-bond acceptors (Lipinski definition) is 3. The topological polar surface area (TPSA) is 49.3 Å². The second kappa shape index (κ2) is 8.95. The molecule has 0 amide bonds. The lowest BCUT2D eigenvalue weighted by atomic mass is 10.1. The van der Waals surface area contributed by atoms with Gasteiger partial charge < -0.3 is 10.6 Å². The molecule has 0 aliphatic rings. The van der Waals surface area contributed by atoms with E-state index in [4.69, 9.17) is 0 Å². The zero-order valence-corrected chi connectivity index (χ0v) is 14.2. The average Bonchev–Trinajstić information content (AvgIpc) is 2.70. The molecule has 0 aliphatic carbocycles. The Morgan fingerprint density at radius 1 is 1.30 bits per heavy atom. The molecule has 0 fully saturated rings. The molecule has 0 radical (unpaired) electrons. The molecular formula is C15H28N4S. The fourth-order valence-electron chi connectivity index (χ4n) is 1.81. The molecule has 0 aromatic carbocycles. The smallest absolute Gasteiger partial charge is 0.191 e. The summed E-state index contributed by atoms with van der Waals surface area (Å²) in [6.45, 7) is 13.3. The minimum absolute atomic E-state index is 0.652. The van der Waals surface area contributed by atoms with Crippen LogP contribution in [-0.2, 0) is 6.54 Å². The van der Waals surface area contributed by atoms with Crippen LogP contribution < -0.4 is 10.6 Å². The largest absolute Gasteiger partial charge is 0.357 e. The number of guanidine groups is 1. The summed E-state index contributed by atoms with van der Waals surface area (Å²) in [5.74, 6) is 1.65. The average molecular weight is 296 g/mol. The van der Waals surface area contributed by atoms with Crippen LogP contribution in [0.25, 0.3) is 0 Å². The summed E-state index contributed by atoms with van der Waals surface area (Å²) in [7, 11) is 0. The van der Waals surface area contributed by atoms with Crippen LogP contribution in [0.15, 0.2) is 4.99 Å².